The molecule has 6 heteroatoms. The molecule has 0 bridgehead atoms. The molecule has 0 saturated carbocycles. The number of para-hydroxylation sites is 2. The summed E-state index contributed by atoms with van der Waals surface area (Å²) < 4.78 is 1.76. The lowest BCUT2D eigenvalue weighted by atomic mass is 10.1. The lowest BCUT2D eigenvalue weighted by molar-refractivity contribution is -0.145. The van der Waals surface area contributed by atoms with Crippen molar-refractivity contribution in [3.05, 3.63) is 30.1 Å². The Hall–Kier alpha value is -1.92. The van der Waals surface area contributed by atoms with Gasteiger partial charge in [-0.15, -0.1) is 0 Å². The van der Waals surface area contributed by atoms with E-state index in [9.17, 15) is 9.90 Å². The Bertz CT molecular complexity index is 649. The second-order valence-electron chi connectivity index (χ2n) is 5.68. The number of aliphatic carboxylic acids is 1. The highest BCUT2D eigenvalue weighted by atomic mass is 16.4. The molecule has 1 aromatic carbocycles. The average molecular weight is 291 g/mol. The monoisotopic (exact) mass is 291 g/mol. The summed E-state index contributed by atoms with van der Waals surface area (Å²) in [5, 5.41) is 18.5. The molecule has 0 amide bonds. The molecule has 0 radical (unpaired) electrons. The lowest BCUT2D eigenvalue weighted by Crippen LogP contribution is -2.38. The summed E-state index contributed by atoms with van der Waals surface area (Å²) >= 11 is 0. The minimum absolute atomic E-state index is 0.0546. The lowest BCUT2D eigenvalue weighted by Gasteiger charge is -2.26. The van der Waals surface area contributed by atoms with Crippen LogP contribution in [0.4, 0.5) is 0 Å². The maximum Gasteiger partial charge on any atom is 0.329 e. The van der Waals surface area contributed by atoms with E-state index in [1.165, 1.54) is 0 Å². The van der Waals surface area contributed by atoms with Crippen molar-refractivity contribution in [2.75, 3.05) is 20.2 Å². The summed E-state index contributed by atoms with van der Waals surface area (Å²) in [5.41, 5.74) is 0.488. The van der Waals surface area contributed by atoms with Crippen molar-refractivity contribution in [1.82, 2.24) is 14.5 Å². The molecule has 2 N–H and O–H groups in total. The SMILES string of the molecule is CN(CCO)Cc1nc2ccccc2n1C(C)(C)C(=O)O. The second kappa shape index (κ2) is 5.83. The molecule has 0 aliphatic carbocycles. The van der Waals surface area contributed by atoms with E-state index in [1.807, 2.05) is 36.2 Å². The summed E-state index contributed by atoms with van der Waals surface area (Å²) in [6, 6.07) is 7.51. The van der Waals surface area contributed by atoms with Gasteiger partial charge in [0.05, 0.1) is 24.2 Å². The first-order valence-electron chi connectivity index (χ1n) is 6.87. The van der Waals surface area contributed by atoms with E-state index in [0.29, 0.717) is 18.9 Å². The Kier molecular flexibility index (Phi) is 4.29. The molecule has 0 saturated heterocycles. The van der Waals surface area contributed by atoms with E-state index in [-0.39, 0.29) is 6.61 Å². The second-order valence-corrected chi connectivity index (χ2v) is 5.68. The van der Waals surface area contributed by atoms with Gasteiger partial charge < -0.3 is 14.8 Å². The van der Waals surface area contributed by atoms with Crippen LogP contribution < -0.4 is 0 Å². The number of imidazole rings is 1. The molecule has 6 nitrogen and oxygen atoms in total. The number of benzene rings is 1. The highest BCUT2D eigenvalue weighted by Crippen LogP contribution is 2.26. The third-order valence-corrected chi connectivity index (χ3v) is 3.61. The molecule has 114 valence electrons. The summed E-state index contributed by atoms with van der Waals surface area (Å²) in [7, 11) is 1.87. The van der Waals surface area contributed by atoms with Gasteiger partial charge in [0.15, 0.2) is 0 Å². The molecule has 2 rings (SSSR count). The van der Waals surface area contributed by atoms with Crippen molar-refractivity contribution in [3.63, 3.8) is 0 Å². The highest BCUT2D eigenvalue weighted by molar-refractivity contribution is 5.82. The molecule has 0 aliphatic heterocycles. The third kappa shape index (κ3) is 2.91. The predicted molar refractivity (Wildman–Crippen MR) is 80.1 cm³/mol. The number of carboxylic acids is 1. The van der Waals surface area contributed by atoms with Gasteiger partial charge in [-0.05, 0) is 33.0 Å². The van der Waals surface area contributed by atoms with Gasteiger partial charge in [0, 0.05) is 6.54 Å². The average Bonchev–Trinajstić information content (AvgIpc) is 2.76. The first-order chi connectivity index (χ1) is 9.87. The Morgan fingerprint density at radius 3 is 2.67 bits per heavy atom. The molecule has 0 fully saturated rings. The largest absolute Gasteiger partial charge is 0.480 e. The van der Waals surface area contributed by atoms with E-state index in [4.69, 9.17) is 5.11 Å². The van der Waals surface area contributed by atoms with Crippen LogP contribution in [0, 0.1) is 0 Å². The Morgan fingerprint density at radius 1 is 1.38 bits per heavy atom. The molecule has 1 aromatic heterocycles. The molecule has 21 heavy (non-hydrogen) atoms. The van der Waals surface area contributed by atoms with Gasteiger partial charge in [-0.2, -0.15) is 0 Å². The van der Waals surface area contributed by atoms with Crippen LogP contribution in [0.5, 0.6) is 0 Å². The number of aliphatic hydroxyl groups excluding tert-OH is 1. The number of aromatic nitrogens is 2. The van der Waals surface area contributed by atoms with Crippen molar-refractivity contribution in [1.29, 1.82) is 0 Å². The van der Waals surface area contributed by atoms with Gasteiger partial charge in [-0.25, -0.2) is 9.78 Å². The normalized spacial score (nSPS) is 12.2. The van der Waals surface area contributed by atoms with Crippen LogP contribution in [0.15, 0.2) is 24.3 Å². The fourth-order valence-electron chi connectivity index (χ4n) is 2.39. The Labute approximate surface area is 123 Å². The van der Waals surface area contributed by atoms with Crippen molar-refractivity contribution in [3.8, 4) is 0 Å². The number of rotatable bonds is 6. The van der Waals surface area contributed by atoms with Gasteiger partial charge in [-0.3, -0.25) is 4.90 Å². The van der Waals surface area contributed by atoms with Crippen molar-refractivity contribution in [2.45, 2.75) is 25.9 Å². The first kappa shape index (κ1) is 15.5. The molecular formula is C15H21N3O3. The van der Waals surface area contributed by atoms with Crippen molar-refractivity contribution in [2.24, 2.45) is 0 Å². The first-order valence-corrected chi connectivity index (χ1v) is 6.87. The molecule has 2 aromatic rings. The van der Waals surface area contributed by atoms with Gasteiger partial charge in [0.1, 0.15) is 11.4 Å². The molecule has 0 atom stereocenters. The predicted octanol–water partition coefficient (Wildman–Crippen LogP) is 1.28. The molecular weight excluding hydrogens is 270 g/mol. The summed E-state index contributed by atoms with van der Waals surface area (Å²) in [4.78, 5) is 18.1. The van der Waals surface area contributed by atoms with Crippen molar-refractivity contribution < 1.29 is 15.0 Å². The number of fused-ring (bicyclic) bond motifs is 1. The summed E-state index contributed by atoms with van der Waals surface area (Å²) in [6.45, 7) is 4.37. The van der Waals surface area contributed by atoms with E-state index >= 15 is 0 Å². The molecule has 1 heterocycles. The summed E-state index contributed by atoms with van der Waals surface area (Å²) in [5.74, 6) is -0.226. The quantitative estimate of drug-likeness (QED) is 0.838. The number of hydrogen-bond acceptors (Lipinski definition) is 4. The smallest absolute Gasteiger partial charge is 0.329 e. The third-order valence-electron chi connectivity index (χ3n) is 3.61. The number of likely N-dealkylation sites (N-methyl/N-ethyl adjacent to an activating group) is 1. The van der Waals surface area contributed by atoms with Crippen LogP contribution in [0.3, 0.4) is 0 Å². The van der Waals surface area contributed by atoms with Crippen LogP contribution in [-0.2, 0) is 16.9 Å². The standard InChI is InChI=1S/C15H21N3O3/c1-15(2,14(20)21)18-12-7-5-4-6-11(12)16-13(18)10-17(3)8-9-19/h4-7,19H,8-10H2,1-3H3,(H,20,21). The number of hydrogen-bond donors (Lipinski definition) is 2. The van der Waals surface area contributed by atoms with Crippen molar-refractivity contribution >= 4 is 17.0 Å². The Balaban J connectivity index is 2.56. The molecule has 0 unspecified atom stereocenters. The van der Waals surface area contributed by atoms with Crippen LogP contribution in [-0.4, -0.2) is 50.8 Å². The van der Waals surface area contributed by atoms with E-state index < -0.39 is 11.5 Å². The molecule has 0 spiro atoms. The number of aliphatic hydroxyl groups is 1. The van der Waals surface area contributed by atoms with Gasteiger partial charge in [-0.1, -0.05) is 12.1 Å². The van der Waals surface area contributed by atoms with Crippen LogP contribution in [0.1, 0.15) is 19.7 Å². The van der Waals surface area contributed by atoms with Gasteiger partial charge in [0.2, 0.25) is 0 Å². The minimum Gasteiger partial charge on any atom is -0.480 e. The van der Waals surface area contributed by atoms with Crippen LogP contribution in [0.25, 0.3) is 11.0 Å². The number of nitrogens with zero attached hydrogens (tertiary/aromatic N) is 3. The zero-order chi connectivity index (χ0) is 15.6. The van der Waals surface area contributed by atoms with Gasteiger partial charge >= 0.3 is 5.97 Å². The fraction of sp³-hybridized carbons (Fsp3) is 0.467. The zero-order valence-corrected chi connectivity index (χ0v) is 12.6. The number of carbonyl (C=O) groups is 1. The van der Waals surface area contributed by atoms with E-state index in [1.54, 1.807) is 18.4 Å². The van der Waals surface area contributed by atoms with Gasteiger partial charge in [0.25, 0.3) is 0 Å². The topological polar surface area (TPSA) is 78.6 Å². The fourth-order valence-corrected chi connectivity index (χ4v) is 2.39. The maximum atomic E-state index is 11.6. The maximum absolute atomic E-state index is 11.6. The van der Waals surface area contributed by atoms with E-state index in [0.717, 1.165) is 11.0 Å². The Morgan fingerprint density at radius 2 is 2.05 bits per heavy atom. The zero-order valence-electron chi connectivity index (χ0n) is 12.6. The number of carboxylic acid groups (broad SMARTS) is 1. The molecule has 0 aliphatic rings. The van der Waals surface area contributed by atoms with Crippen LogP contribution >= 0.6 is 0 Å². The van der Waals surface area contributed by atoms with Crippen LogP contribution in [0.2, 0.25) is 0 Å². The minimum atomic E-state index is -1.09. The highest BCUT2D eigenvalue weighted by Gasteiger charge is 2.33. The van der Waals surface area contributed by atoms with E-state index in [2.05, 4.69) is 4.98 Å². The summed E-state index contributed by atoms with van der Waals surface area (Å²) in [6.07, 6.45) is 0.